The summed E-state index contributed by atoms with van der Waals surface area (Å²) in [4.78, 5) is 30.9. The van der Waals surface area contributed by atoms with E-state index in [1.165, 1.54) is 0 Å². The number of carbonyl (C=O) groups is 1. The highest BCUT2D eigenvalue weighted by Crippen LogP contribution is 2.34. The van der Waals surface area contributed by atoms with Crippen molar-refractivity contribution >= 4 is 39.2 Å². The van der Waals surface area contributed by atoms with Crippen LogP contribution >= 0.6 is 22.9 Å². The first-order valence-corrected chi connectivity index (χ1v) is 8.34. The monoisotopic (exact) mass is 433 g/mol. The van der Waals surface area contributed by atoms with Gasteiger partial charge in [0.25, 0.3) is 12.9 Å². The second-order valence-electron chi connectivity index (χ2n) is 4.89. The van der Waals surface area contributed by atoms with E-state index in [0.29, 0.717) is 11.3 Å². The van der Waals surface area contributed by atoms with Gasteiger partial charge in [-0.3, -0.25) is 14.2 Å². The molecule has 1 saturated heterocycles. The molecule has 0 atom stereocenters. The minimum atomic E-state index is -3.90. The lowest BCUT2D eigenvalue weighted by molar-refractivity contribution is 0.0946. The van der Waals surface area contributed by atoms with Crippen molar-refractivity contribution in [3.63, 3.8) is 0 Å². The summed E-state index contributed by atoms with van der Waals surface area (Å²) in [5.41, 5.74) is -4.45. The summed E-state index contributed by atoms with van der Waals surface area (Å²) in [7, 11) is 0. The van der Waals surface area contributed by atoms with Crippen LogP contribution in [0, 0.1) is 0 Å². The fourth-order valence-corrected chi connectivity index (χ4v) is 3.14. The molecule has 1 amide bonds. The Hall–Kier alpha value is -1.64. The lowest BCUT2D eigenvalue weighted by atomic mass is 10.1. The molecule has 2 N–H and O–H groups in total. The molecule has 1 aliphatic heterocycles. The Morgan fingerprint density at radius 2 is 2.37 bits per heavy atom. The van der Waals surface area contributed by atoms with Crippen LogP contribution in [-0.2, 0) is 0 Å². The van der Waals surface area contributed by atoms with Crippen LogP contribution < -0.4 is 10.9 Å². The van der Waals surface area contributed by atoms with Crippen LogP contribution in [0.4, 0.5) is 0 Å². The number of carbonyl (C=O) groups excluding carboxylic acids is 1. The smallest absolute Gasteiger partial charge is 0.293 e. The maximum Gasteiger partial charge on any atom is 0.293 e. The molecule has 0 spiro atoms. The van der Waals surface area contributed by atoms with Gasteiger partial charge in [0.05, 0.1) is 1.37 Å². The number of hydrogen-bond donors (Lipinski definition) is 2. The Balaban J connectivity index is 2.21. The lowest BCUT2D eigenvalue weighted by Gasteiger charge is -2.26. The molecule has 27 heavy (non-hydrogen) atoms. The predicted molar refractivity (Wildman–Crippen MR) is 108 cm³/mol. The van der Waals surface area contributed by atoms with Crippen LogP contribution in [0.15, 0.2) is 4.79 Å². The van der Waals surface area contributed by atoms with Crippen molar-refractivity contribution in [2.75, 3.05) is 26.0 Å². The summed E-state index contributed by atoms with van der Waals surface area (Å²) >= 11 is 6.22. The van der Waals surface area contributed by atoms with E-state index in [1.54, 1.807) is 0 Å². The highest BCUT2D eigenvalue weighted by molar-refractivity contribution is 7.22. The number of thiazole rings is 1. The molecule has 2 aromatic rings. The summed E-state index contributed by atoms with van der Waals surface area (Å²) in [5, 5.41) is 3.77. The molecule has 0 aliphatic carbocycles. The number of likely N-dealkylation sites (tertiary alicyclic amines) is 1. The summed E-state index contributed by atoms with van der Waals surface area (Å²) in [6.07, 6.45) is -12.6. The van der Waals surface area contributed by atoms with Crippen LogP contribution in [0.25, 0.3) is 10.3 Å². The van der Waals surface area contributed by atoms with Crippen LogP contribution in [0.3, 0.4) is 0 Å². The third-order valence-corrected chi connectivity index (χ3v) is 4.37. The number of fused-ring (bicyclic) bond motifs is 1. The highest BCUT2D eigenvalue weighted by Gasteiger charge is 2.25. The first-order valence-electron chi connectivity index (χ1n) is 17.5. The van der Waals surface area contributed by atoms with E-state index in [9.17, 15) is 9.59 Å². The molecule has 0 aromatic carbocycles. The molecule has 0 bridgehead atoms. The third kappa shape index (κ3) is 4.28. The summed E-state index contributed by atoms with van der Waals surface area (Å²) in [5.74, 6) is -3.14. The number of aromatic hydroxyl groups is 1. The third-order valence-electron chi connectivity index (χ3n) is 3.22. The van der Waals surface area contributed by atoms with Crippen LogP contribution in [0.1, 0.15) is 81.7 Å². The normalized spacial score (nSPS) is 38.0. The van der Waals surface area contributed by atoms with Gasteiger partial charge < -0.3 is 15.3 Å². The molecular formula is C18H25ClN4O3S. The molecule has 1 fully saturated rings. The van der Waals surface area contributed by atoms with E-state index in [4.69, 9.17) is 40.5 Å². The standard InChI is InChI=1S/C18H25ClN4O3S/c1-11(2)23-15-14(27-18(19)21-15)13(24)12(17(23)26)16(25)20-7-6-10-22-8-4-3-5-9-22/h11,24H,3-10H2,1-2H3,(H,20,25)/i1D3,2D3,3D2,4D2,5D2,7D2,8D2,9D2,11D/hD2. The predicted octanol–water partition coefficient (Wildman–Crippen LogP) is 3.00. The molecule has 0 unspecified atom stereocenters. The van der Waals surface area contributed by atoms with Crippen molar-refractivity contribution < 1.29 is 37.4 Å². The number of halogens is 1. The van der Waals surface area contributed by atoms with Crippen molar-refractivity contribution in [3.05, 3.63) is 20.4 Å². The fourth-order valence-electron chi connectivity index (χ4n) is 2.11. The van der Waals surface area contributed by atoms with E-state index >= 15 is 0 Å². The maximum absolute atomic E-state index is 13.8. The Morgan fingerprint density at radius 1 is 1.59 bits per heavy atom. The minimum absolute atomic E-state index is 0.157. The van der Waals surface area contributed by atoms with Gasteiger partial charge in [0, 0.05) is 37.2 Å². The number of piperidine rings is 1. The van der Waals surface area contributed by atoms with Gasteiger partial charge in [-0.05, 0) is 52.4 Å². The van der Waals surface area contributed by atoms with Crippen LogP contribution in [0.2, 0.25) is 5.88 Å². The number of pyridine rings is 1. The number of nitrogens with one attached hydrogen (secondary N) is 1. The van der Waals surface area contributed by atoms with E-state index in [0.717, 1.165) is 0 Å². The largest absolute Gasteiger partial charge is 0.505 e. The van der Waals surface area contributed by atoms with Crippen molar-refractivity contribution in [1.82, 2.24) is 19.8 Å². The number of aromatic nitrogens is 2. The fraction of sp³-hybridized carbons (Fsp3) is 0.611. The molecule has 2 aromatic heterocycles. The molecule has 0 saturated carbocycles. The van der Waals surface area contributed by atoms with Gasteiger partial charge in [-0.2, -0.15) is 0 Å². The first-order chi connectivity index (χ1) is 21.1. The summed E-state index contributed by atoms with van der Waals surface area (Å²) < 4.78 is 166. The van der Waals surface area contributed by atoms with E-state index in [-0.39, 0.29) is 9.47 Å². The zero-order valence-corrected chi connectivity index (χ0v) is 14.8. The highest BCUT2D eigenvalue weighted by atomic mass is 35.5. The van der Waals surface area contributed by atoms with Crippen molar-refractivity contribution in [3.8, 4) is 5.75 Å². The van der Waals surface area contributed by atoms with Gasteiger partial charge in [-0.15, -0.1) is 0 Å². The molecule has 148 valence electrons. The molecule has 0 radical (unpaired) electrons. The Labute approximate surface area is 196 Å². The second kappa shape index (κ2) is 8.58. The van der Waals surface area contributed by atoms with E-state index in [1.807, 2.05) is 0 Å². The molecule has 7 nitrogen and oxygen atoms in total. The molecule has 3 heterocycles. The second-order valence-corrected chi connectivity index (χ2v) is 6.47. The van der Waals surface area contributed by atoms with Gasteiger partial charge in [0.15, 0.2) is 17.3 Å². The number of hydrogen-bond acceptors (Lipinski definition) is 6. The number of rotatable bonds is 7. The lowest BCUT2D eigenvalue weighted by Crippen LogP contribution is -2.36. The summed E-state index contributed by atoms with van der Waals surface area (Å²) in [6.45, 7) is -19.8. The Morgan fingerprint density at radius 3 is 3.07 bits per heavy atom. The average Bonchev–Trinajstić information content (AvgIpc) is 3.29. The summed E-state index contributed by atoms with van der Waals surface area (Å²) in [6, 6.07) is -3.90. The van der Waals surface area contributed by atoms with Gasteiger partial charge in [-0.25, -0.2) is 4.98 Å². The van der Waals surface area contributed by atoms with Gasteiger partial charge in [0.2, 0.25) is 0 Å². The molecular weight excluding hydrogens is 388 g/mol. The van der Waals surface area contributed by atoms with Crippen molar-refractivity contribution in [1.29, 1.82) is 1.43 Å². The van der Waals surface area contributed by atoms with Crippen LogP contribution in [-0.4, -0.2) is 52.9 Å². The van der Waals surface area contributed by atoms with E-state index in [2.05, 4.69) is 10.1 Å². The number of nitrogens with zero attached hydrogens (tertiary/aromatic N) is 3. The van der Waals surface area contributed by atoms with Gasteiger partial charge in [0.1, 0.15) is 10.3 Å². The van der Waals surface area contributed by atoms with Crippen molar-refractivity contribution in [2.24, 2.45) is 0 Å². The van der Waals surface area contributed by atoms with Crippen LogP contribution in [0.5, 0.6) is 5.75 Å². The van der Waals surface area contributed by atoms with Gasteiger partial charge in [-0.1, -0.05) is 29.3 Å². The zero-order chi connectivity index (χ0) is 37.8. The maximum atomic E-state index is 13.8. The quantitative estimate of drug-likeness (QED) is 0.700. The van der Waals surface area contributed by atoms with Crippen molar-refractivity contribution in [2.45, 2.75) is 45.3 Å². The molecule has 1 aliphatic rings. The molecule has 9 heteroatoms. The zero-order valence-electron chi connectivity index (χ0n) is 34.2. The van der Waals surface area contributed by atoms with Gasteiger partial charge >= 0.3 is 0 Å². The number of amides is 1. The van der Waals surface area contributed by atoms with E-state index < -0.39 is 114 Å². The first kappa shape index (κ1) is 6.43. The Bertz CT molecular complexity index is 1620. The Kier molecular flexibility index (Phi) is 2.04. The minimum Gasteiger partial charge on any atom is -0.505 e. The molecule has 3 rings (SSSR count). The average molecular weight is 434 g/mol. The topological polar surface area (TPSA) is 87.5 Å². The SMILES string of the molecule is [2H]Oc1c(C(=O)N([2H])C([2H])([2H])CCN2C([2H])([2H])C([2H])([2H])C([2H])([2H])C([2H])([2H])C2([2H])[2H])c(=O)n(C([2H])(C([2H])([2H])[2H])C([2H])([2H])[2H])c2nc(Cl)sc12.